The number of rotatable bonds is 5. The lowest BCUT2D eigenvalue weighted by Gasteiger charge is -2.13. The summed E-state index contributed by atoms with van der Waals surface area (Å²) in [5.74, 6) is -0.613. The van der Waals surface area contributed by atoms with Crippen LogP contribution in [0.3, 0.4) is 0 Å². The summed E-state index contributed by atoms with van der Waals surface area (Å²) in [5, 5.41) is 23.9. The first-order valence-corrected chi connectivity index (χ1v) is 7.90. The molecule has 1 aromatic heterocycles. The third-order valence-electron chi connectivity index (χ3n) is 2.46. The Morgan fingerprint density at radius 1 is 1.62 bits per heavy atom. The Hall–Kier alpha value is -1.22. The molecule has 10 heteroatoms. The Morgan fingerprint density at radius 3 is 2.95 bits per heavy atom. The van der Waals surface area contributed by atoms with Crippen LogP contribution in [0.4, 0.5) is 5.69 Å². The van der Waals surface area contributed by atoms with Crippen molar-refractivity contribution >= 4 is 64.2 Å². The molecule has 110 valence electrons. The fourth-order valence-electron chi connectivity index (χ4n) is 1.53. The van der Waals surface area contributed by atoms with Crippen molar-refractivity contribution < 1.29 is 14.8 Å². The molecule has 21 heavy (non-hydrogen) atoms. The number of dihydropyridines is 1. The Kier molecular flexibility index (Phi) is 5.15. The summed E-state index contributed by atoms with van der Waals surface area (Å²) >= 11 is 13.9. The van der Waals surface area contributed by atoms with E-state index in [0.717, 1.165) is 23.1 Å². The van der Waals surface area contributed by atoms with Crippen LogP contribution in [0.15, 0.2) is 25.2 Å². The zero-order valence-electron chi connectivity index (χ0n) is 10.2. The predicted molar refractivity (Wildman–Crippen MR) is 80.9 cm³/mol. The zero-order valence-corrected chi connectivity index (χ0v) is 13.3. The lowest BCUT2D eigenvalue weighted by Crippen LogP contribution is -2.24. The van der Waals surface area contributed by atoms with Crippen molar-refractivity contribution in [3.8, 4) is 0 Å². The van der Waals surface area contributed by atoms with E-state index in [4.69, 9.17) is 23.2 Å². The SMILES string of the molecule is O=CCc1scc([N+](=O)[O-])c1SC1=C(Cl)C([O-])=NC[C+]1Cl. The maximum atomic E-state index is 11.5. The molecule has 0 radical (unpaired) electrons. The average Bonchev–Trinajstić information content (AvgIpc) is 2.83. The molecule has 0 aliphatic carbocycles. The van der Waals surface area contributed by atoms with Gasteiger partial charge in [-0.25, -0.2) is 4.99 Å². The topological polar surface area (TPSA) is 95.6 Å². The number of thiophene rings is 1. The molecule has 0 saturated carbocycles. The van der Waals surface area contributed by atoms with E-state index in [-0.39, 0.29) is 38.9 Å². The number of carbonyl (C=O) groups excluding carboxylic acids is 1. The molecule has 0 atom stereocenters. The van der Waals surface area contributed by atoms with Crippen LogP contribution in [0.2, 0.25) is 0 Å². The molecule has 0 fully saturated rings. The average molecular weight is 365 g/mol. The third-order valence-corrected chi connectivity index (χ3v) is 5.79. The molecule has 0 spiro atoms. The highest BCUT2D eigenvalue weighted by Crippen LogP contribution is 2.47. The van der Waals surface area contributed by atoms with Crippen LogP contribution in [-0.2, 0) is 11.2 Å². The predicted octanol–water partition coefficient (Wildman–Crippen LogP) is 2.48. The Bertz CT molecular complexity index is 657. The van der Waals surface area contributed by atoms with Gasteiger partial charge in [0.25, 0.3) is 5.69 Å². The summed E-state index contributed by atoms with van der Waals surface area (Å²) in [5.41, 5.74) is -0.141. The van der Waals surface area contributed by atoms with Gasteiger partial charge in [-0.05, 0) is 11.8 Å². The van der Waals surface area contributed by atoms with Crippen LogP contribution < -0.4 is 5.11 Å². The molecule has 1 aliphatic rings. The molecule has 0 saturated heterocycles. The van der Waals surface area contributed by atoms with E-state index in [1.165, 1.54) is 5.38 Å². The van der Waals surface area contributed by atoms with Gasteiger partial charge in [-0.15, -0.1) is 11.3 Å². The van der Waals surface area contributed by atoms with Gasteiger partial charge >= 0.3 is 0 Å². The molecule has 0 amide bonds. The molecule has 0 N–H and O–H groups in total. The van der Waals surface area contributed by atoms with E-state index in [1.54, 1.807) is 0 Å². The molecular weight excluding hydrogens is 359 g/mol. The highest BCUT2D eigenvalue weighted by Gasteiger charge is 2.35. The minimum absolute atomic E-state index is 0.0140. The van der Waals surface area contributed by atoms with Gasteiger partial charge in [0, 0.05) is 34.5 Å². The van der Waals surface area contributed by atoms with Crippen LogP contribution in [0.5, 0.6) is 0 Å². The number of carbonyl (C=O) groups is 1. The quantitative estimate of drug-likeness (QED) is 0.346. The third kappa shape index (κ3) is 3.34. The highest BCUT2D eigenvalue weighted by atomic mass is 35.5. The number of hydrogen-bond acceptors (Lipinski definition) is 7. The highest BCUT2D eigenvalue weighted by molar-refractivity contribution is 8.03. The minimum atomic E-state index is -0.613. The van der Waals surface area contributed by atoms with Gasteiger partial charge < -0.3 is 9.90 Å². The first-order valence-electron chi connectivity index (χ1n) is 5.45. The molecule has 2 heterocycles. The number of nitrogens with zero attached hydrogens (tertiary/aromatic N) is 2. The van der Waals surface area contributed by atoms with E-state index in [0.29, 0.717) is 11.2 Å². The zero-order chi connectivity index (χ0) is 15.6. The Morgan fingerprint density at radius 2 is 2.33 bits per heavy atom. The molecule has 2 rings (SSSR count). The molecule has 1 aliphatic heterocycles. The van der Waals surface area contributed by atoms with Crippen LogP contribution in [0.25, 0.3) is 0 Å². The Labute approximate surface area is 137 Å². The maximum Gasteiger partial charge on any atom is 0.294 e. The van der Waals surface area contributed by atoms with Gasteiger partial charge in [0.15, 0.2) is 5.38 Å². The molecule has 0 aromatic carbocycles. The van der Waals surface area contributed by atoms with Gasteiger partial charge in [0.2, 0.25) is 9.94 Å². The summed E-state index contributed by atoms with van der Waals surface area (Å²) in [4.78, 5) is 25.8. The molecule has 6 nitrogen and oxygen atoms in total. The van der Waals surface area contributed by atoms with Crippen molar-refractivity contribution in [2.45, 2.75) is 11.3 Å². The smallest absolute Gasteiger partial charge is 0.294 e. The van der Waals surface area contributed by atoms with Crippen molar-refractivity contribution in [3.05, 3.63) is 35.7 Å². The number of aliphatic imine (C=N–C) groups is 1. The van der Waals surface area contributed by atoms with Gasteiger partial charge in [-0.1, -0.05) is 0 Å². The summed E-state index contributed by atoms with van der Waals surface area (Å²) in [7, 11) is 0. The number of halogens is 2. The second-order valence-corrected chi connectivity index (χ2v) is 6.59. The van der Waals surface area contributed by atoms with Crippen LogP contribution in [0, 0.1) is 15.5 Å². The second-order valence-electron chi connectivity index (χ2n) is 3.77. The van der Waals surface area contributed by atoms with Crippen LogP contribution in [0.1, 0.15) is 4.88 Å². The molecule has 1 aromatic rings. The van der Waals surface area contributed by atoms with Crippen LogP contribution in [-0.4, -0.2) is 23.7 Å². The molecule has 0 unspecified atom stereocenters. The normalized spacial score (nSPS) is 15.1. The molecule has 0 bridgehead atoms. The van der Waals surface area contributed by atoms with Crippen molar-refractivity contribution in [1.82, 2.24) is 0 Å². The fourth-order valence-corrected chi connectivity index (χ4v) is 4.31. The van der Waals surface area contributed by atoms with E-state index < -0.39 is 10.8 Å². The number of thioether (sulfide) groups is 1. The minimum Gasteiger partial charge on any atom is -0.842 e. The number of hydrogen-bond donors (Lipinski definition) is 0. The molecular formula is C11H6Cl2N2O4S2. The van der Waals surface area contributed by atoms with Crippen molar-refractivity contribution in [1.29, 1.82) is 0 Å². The first-order chi connectivity index (χ1) is 9.95. The van der Waals surface area contributed by atoms with Gasteiger partial charge in [-0.2, -0.15) is 0 Å². The largest absolute Gasteiger partial charge is 0.842 e. The lowest BCUT2D eigenvalue weighted by molar-refractivity contribution is -0.387. The van der Waals surface area contributed by atoms with E-state index >= 15 is 0 Å². The monoisotopic (exact) mass is 364 g/mol. The van der Waals surface area contributed by atoms with E-state index in [1.807, 2.05) is 0 Å². The Balaban J connectivity index is 2.44. The van der Waals surface area contributed by atoms with Crippen molar-refractivity contribution in [3.63, 3.8) is 0 Å². The van der Waals surface area contributed by atoms with Gasteiger partial charge in [0.05, 0.1) is 16.2 Å². The maximum absolute atomic E-state index is 11.5. The van der Waals surface area contributed by atoms with E-state index in [9.17, 15) is 20.0 Å². The summed E-state index contributed by atoms with van der Waals surface area (Å²) < 4.78 is 0. The van der Waals surface area contributed by atoms with Gasteiger partial charge in [-0.3, -0.25) is 10.1 Å². The van der Waals surface area contributed by atoms with Crippen LogP contribution >= 0.6 is 46.3 Å². The number of aldehydes is 1. The summed E-state index contributed by atoms with van der Waals surface area (Å²) in [6.07, 6.45) is 0.698. The van der Waals surface area contributed by atoms with Crippen molar-refractivity contribution in [2.75, 3.05) is 6.54 Å². The lowest BCUT2D eigenvalue weighted by atomic mass is 10.3. The fraction of sp³-hybridized carbons (Fsp3) is 0.182. The van der Waals surface area contributed by atoms with E-state index in [2.05, 4.69) is 4.99 Å². The summed E-state index contributed by atoms with van der Waals surface area (Å²) in [6.45, 7) is -0.0140. The van der Waals surface area contributed by atoms with Crippen molar-refractivity contribution in [2.24, 2.45) is 4.99 Å². The second kappa shape index (κ2) is 6.69. The first kappa shape index (κ1) is 16.2. The van der Waals surface area contributed by atoms with Gasteiger partial charge in [0.1, 0.15) is 17.7 Å². The summed E-state index contributed by atoms with van der Waals surface area (Å²) in [6, 6.07) is 0. The number of nitro groups is 1. The standard InChI is InChI=1S/C11H6Cl2N2O4S2/c12-5-3-14-11(17)8(13)9(5)21-10-6(15(18)19)4-20-7(10)1-2-16/h2,4H,1,3H2.